The van der Waals surface area contributed by atoms with Gasteiger partial charge in [-0.25, -0.2) is 0 Å². The number of fused-ring (bicyclic) bond motifs is 2. The molecule has 2 aromatic heterocycles. The number of benzene rings is 4. The maximum Gasteiger partial charge on any atom is 0.246 e. The Balaban J connectivity index is 1.24. The number of hydrogen-bond acceptors (Lipinski definition) is 25. The van der Waals surface area contributed by atoms with Gasteiger partial charge in [0.15, 0.2) is 0 Å². The summed E-state index contributed by atoms with van der Waals surface area (Å²) in [5.41, 5.74) is 22.9. The van der Waals surface area contributed by atoms with E-state index in [0.717, 1.165) is 44.4 Å². The molecule has 2 saturated heterocycles. The summed E-state index contributed by atoms with van der Waals surface area (Å²) in [5, 5.41) is 37.5. The molecule has 6 aromatic rings. The second-order valence-corrected chi connectivity index (χ2v) is 40.1. The zero-order valence-corrected chi connectivity index (χ0v) is 81.6. The second-order valence-electron chi connectivity index (χ2n) is 36.7. The summed E-state index contributed by atoms with van der Waals surface area (Å²) in [6.07, 6.45) is -0.927. The van der Waals surface area contributed by atoms with Gasteiger partial charge in [-0.2, -0.15) is 0 Å². The fourth-order valence-electron chi connectivity index (χ4n) is 15.8. The number of nitrogens with zero attached hydrogens (tertiary/aromatic N) is 2. The highest BCUT2D eigenvalue weighted by Crippen LogP contribution is 2.47. The number of ketones is 1. The van der Waals surface area contributed by atoms with E-state index in [2.05, 4.69) is 79.1 Å². The first-order valence-electron chi connectivity index (χ1n) is 45.5. The summed E-state index contributed by atoms with van der Waals surface area (Å²) in [7, 11) is 3.09. The van der Waals surface area contributed by atoms with Crippen LogP contribution in [0.2, 0.25) is 0 Å². The van der Waals surface area contributed by atoms with Crippen molar-refractivity contribution in [1.29, 1.82) is 0 Å². The third-order valence-corrected chi connectivity index (χ3v) is 27.3. The van der Waals surface area contributed by atoms with Crippen LogP contribution in [0.15, 0.2) is 116 Å². The number of rotatable bonds is 41. The molecule has 0 aliphatic carbocycles. The number of carbonyl (C=O) groups is 18. The van der Waals surface area contributed by atoms with Crippen LogP contribution < -0.4 is 96.8 Å². The Morgan fingerprint density at radius 3 is 1.86 bits per heavy atom. The molecule has 2 fully saturated rings. The molecule has 0 saturated carbocycles. The average molecular weight is 1950 g/mol. The van der Waals surface area contributed by atoms with Crippen LogP contribution in [0.4, 0.5) is 0 Å². The molecule has 748 valence electrons. The van der Waals surface area contributed by atoms with Gasteiger partial charge in [-0.15, -0.1) is 0 Å². The topological polar surface area (TPSA) is 627 Å². The largest absolute Gasteiger partial charge is 0.492 e. The molecule has 138 heavy (non-hydrogen) atoms. The van der Waals surface area contributed by atoms with Crippen LogP contribution in [-0.4, -0.2) is 261 Å². The molecular weight excluding hydrogens is 1820 g/mol. The third-order valence-electron chi connectivity index (χ3n) is 23.0. The zero-order chi connectivity index (χ0) is 102. The van der Waals surface area contributed by atoms with Gasteiger partial charge in [0, 0.05) is 131 Å². The number of nitrogens with two attached hydrogens (primary N) is 4. The van der Waals surface area contributed by atoms with E-state index in [1.807, 2.05) is 31.2 Å². The molecule has 0 unspecified atom stereocenters. The number of amides is 17. The molecule has 0 bridgehead atoms. The van der Waals surface area contributed by atoms with E-state index in [-0.39, 0.29) is 96.6 Å². The molecule has 0 spiro atoms. The van der Waals surface area contributed by atoms with Gasteiger partial charge < -0.3 is 121 Å². The van der Waals surface area contributed by atoms with E-state index in [4.69, 9.17) is 37.1 Å². The van der Waals surface area contributed by atoms with Crippen molar-refractivity contribution in [3.63, 3.8) is 0 Å². The highest BCUT2D eigenvalue weighted by molar-refractivity contribution is 8.77. The van der Waals surface area contributed by atoms with E-state index < -0.39 is 226 Å². The molecule has 17 amide bonds. The summed E-state index contributed by atoms with van der Waals surface area (Å²) in [6.45, 7) is 17.6. The smallest absolute Gasteiger partial charge is 0.246 e. The fourth-order valence-corrected chi connectivity index (χ4v) is 18.7. The number of primary amides is 3. The molecule has 22 N–H and O–H groups in total. The molecule has 4 aromatic carbocycles. The number of aromatic nitrogens is 2. The Hall–Kier alpha value is -13.1. The number of para-hydroxylation sites is 1. The van der Waals surface area contributed by atoms with Crippen molar-refractivity contribution in [3.05, 3.63) is 143 Å². The molecular formula is C95H130N20O21S2. The molecule has 2 aliphatic rings. The number of aromatic amines is 1. The number of carbonyl (C=O) groups excluding carboxylic acids is 18. The van der Waals surface area contributed by atoms with Gasteiger partial charge in [-0.1, -0.05) is 100 Å². The average Bonchev–Trinajstić information content (AvgIpc) is 1.68. The van der Waals surface area contributed by atoms with Gasteiger partial charge in [0.25, 0.3) is 0 Å². The maximum absolute atomic E-state index is 16.5. The number of ether oxygens (including phenoxy) is 3. The first kappa shape index (κ1) is 110. The molecule has 8 rings (SSSR count). The number of hydrogen-bond donors (Lipinski definition) is 18. The van der Waals surface area contributed by atoms with Gasteiger partial charge >= 0.3 is 0 Å². The minimum absolute atomic E-state index is 0.109. The minimum atomic E-state index is -2.04. The molecule has 41 nitrogen and oxygen atoms in total. The number of pyridine rings is 1. The van der Waals surface area contributed by atoms with Crippen LogP contribution >= 0.6 is 21.6 Å². The highest BCUT2D eigenvalue weighted by Gasteiger charge is 2.49. The number of Topliss-reactive ketones (excluding diaryl/α,β-unsaturated/α-hetero) is 1. The molecule has 0 radical (unpaired) electrons. The maximum atomic E-state index is 16.5. The van der Waals surface area contributed by atoms with Crippen LogP contribution in [0.25, 0.3) is 21.7 Å². The van der Waals surface area contributed by atoms with E-state index in [1.54, 1.807) is 99.8 Å². The van der Waals surface area contributed by atoms with Gasteiger partial charge in [0.1, 0.15) is 90.1 Å². The Kier molecular flexibility index (Phi) is 40.6. The van der Waals surface area contributed by atoms with Gasteiger partial charge in [0.2, 0.25) is 100 Å². The Morgan fingerprint density at radius 1 is 0.616 bits per heavy atom. The minimum Gasteiger partial charge on any atom is -0.492 e. The SMILES string of the molecule is CC(=O)CC[C@H](NC(=O)C1(NC(=O)[C@H](Cc2ccc3ccccc3c2)NC(=O)[C@H](Cc2ccc(OCCN)cc2)NC(=O)[C@H]2NC(=O)[C@H](CCCCNC(C)=O)NC(=O)[C@H](Cc3c[nH]c4c(C)cccc34)NC(=O)[C@H]([C@@H](C)OC(C)(C)C)NC(=O)[C@H](CC(N)=O)NC(=O)[C@@H](NC(C)=O)C(C)(C)SSC2(C)C)CCOCC1)C(=O)N[C@@H](CC(N)=O)C(=O)N[C@@H](Cc1cccnc1)C(=O)N(C)CC(N)=O. The lowest BCUT2D eigenvalue weighted by Crippen LogP contribution is -2.67. The van der Waals surface area contributed by atoms with Gasteiger partial charge in [0.05, 0.1) is 31.1 Å². The summed E-state index contributed by atoms with van der Waals surface area (Å²) in [4.78, 5) is 269. The lowest BCUT2D eigenvalue weighted by Gasteiger charge is -2.39. The van der Waals surface area contributed by atoms with Crippen molar-refractivity contribution >= 4 is 149 Å². The molecule has 12 atom stereocenters. The van der Waals surface area contributed by atoms with E-state index in [9.17, 15) is 47.9 Å². The fraction of sp³-hybridized carbons (Fsp3) is 0.505. The normalized spacial score (nSPS) is 19.4. The quantitative estimate of drug-likeness (QED) is 0.0180. The number of unbranched alkanes of at least 4 members (excludes halogenated alkanes) is 1. The predicted octanol–water partition coefficient (Wildman–Crippen LogP) is 0.177. The van der Waals surface area contributed by atoms with Crippen molar-refractivity contribution in [1.82, 2.24) is 84.0 Å². The second kappa shape index (κ2) is 50.8. The van der Waals surface area contributed by atoms with Crippen molar-refractivity contribution in [2.24, 2.45) is 22.9 Å². The van der Waals surface area contributed by atoms with E-state index >= 15 is 38.4 Å². The van der Waals surface area contributed by atoms with Crippen LogP contribution in [0, 0.1) is 6.92 Å². The van der Waals surface area contributed by atoms with E-state index in [1.165, 1.54) is 67.9 Å². The first-order valence-corrected chi connectivity index (χ1v) is 47.6. The highest BCUT2D eigenvalue weighted by atomic mass is 33.1. The molecule has 43 heteroatoms. The summed E-state index contributed by atoms with van der Waals surface area (Å²) in [5.74, 6) is -16.6. The molecule has 4 heterocycles. The van der Waals surface area contributed by atoms with Crippen molar-refractivity contribution in [3.8, 4) is 5.75 Å². The summed E-state index contributed by atoms with van der Waals surface area (Å²) >= 11 is 0. The number of aryl methyl sites for hydroxylation is 1. The third kappa shape index (κ3) is 33.4. The van der Waals surface area contributed by atoms with Crippen LogP contribution in [-0.2, 0) is 121 Å². The Bertz CT molecular complexity index is 5400. The monoisotopic (exact) mass is 1950 g/mol. The standard InChI is InChI=1S/C95H130N20O21S2/c1-52-20-18-24-64-62(50-102-76(52)64)46-69-83(125)104-65(25-16-17-38-101-55(4)117)81(123)113-79(94(11,12)138-137-93(9,10)78(103-56(5)118)88(130)109-71(48-74(98)120)85(127)112-77(87(129)107-69)54(3)136-92(6,7)8)89(131)108-67(43-57-28-31-63(32-29-57)135-41-36-96)82(124)105-68(44-58-27-30-60-22-14-15-23-61(60)42-58)86(128)114-95(34-39-134-40-35-95)91(133)111-66(33-26-53(2)116)80(122)106-70(47-73(97)119)84(126)110-72(45-59-21-19-37-100-49-59)90(132)115(13)51-75(99)121/h14-15,18-24,27-32,37,42,49-50,54,65-72,77-79,102H,16-17,25-26,33-36,38-41,43-48,51,96H2,1-13H3,(H2,97,119)(H2,98,120)(H2,99,121)(H,101,117)(H,103,118)(H,104,125)(H,105,124)(H,106,122)(H,107,129)(H,108,131)(H,109,130)(H,110,126)(H,111,133)(H,112,127)(H,113,123)(H,114,128)/t54-,65+,66+,67+,68+,69+,70+,71+,72+,77+,78-,79-/m1/s1. The van der Waals surface area contributed by atoms with Crippen molar-refractivity contribution in [2.75, 3.05) is 46.5 Å². The zero-order valence-electron chi connectivity index (χ0n) is 79.9. The lowest BCUT2D eigenvalue weighted by molar-refractivity contribution is -0.142. The summed E-state index contributed by atoms with van der Waals surface area (Å²) < 4.78 is 14.7. The van der Waals surface area contributed by atoms with Crippen molar-refractivity contribution < 1.29 is 101 Å². The predicted molar refractivity (Wildman–Crippen MR) is 515 cm³/mol. The van der Waals surface area contributed by atoms with Crippen LogP contribution in [0.3, 0.4) is 0 Å². The van der Waals surface area contributed by atoms with Gasteiger partial charge in [-0.05, 0) is 152 Å². The van der Waals surface area contributed by atoms with Crippen LogP contribution in [0.5, 0.6) is 5.75 Å². The van der Waals surface area contributed by atoms with Crippen molar-refractivity contribution in [2.45, 2.75) is 260 Å². The lowest BCUT2D eigenvalue weighted by atomic mass is 9.87. The Labute approximate surface area is 808 Å². The number of nitrogens with one attached hydrogen (secondary N) is 14. The van der Waals surface area contributed by atoms with E-state index in [0.29, 0.717) is 44.3 Å². The number of H-pyrrole nitrogens is 1. The van der Waals surface area contributed by atoms with Crippen LogP contribution in [0.1, 0.15) is 162 Å². The number of likely N-dealkylation sites (N-methyl/N-ethyl adjacent to an activating group) is 1. The Morgan fingerprint density at radius 2 is 1.22 bits per heavy atom. The first-order chi connectivity index (χ1) is 65.0. The summed E-state index contributed by atoms with van der Waals surface area (Å²) in [6, 6.07) is 8.61. The molecule has 2 aliphatic heterocycles. The van der Waals surface area contributed by atoms with Gasteiger partial charge in [-0.3, -0.25) is 86.5 Å².